The summed E-state index contributed by atoms with van der Waals surface area (Å²) in [4.78, 5) is 0. The molecule has 1 N–H and O–H groups in total. The minimum atomic E-state index is 0.200. The van der Waals surface area contributed by atoms with E-state index in [9.17, 15) is 0 Å². The molecule has 0 aliphatic heterocycles. The number of aryl methyl sites for hydroxylation is 2. The average Bonchev–Trinajstić information content (AvgIpc) is 2.43. The second-order valence-corrected chi connectivity index (χ2v) is 5.88. The zero-order chi connectivity index (χ0) is 14.9. The van der Waals surface area contributed by atoms with Gasteiger partial charge in [0.2, 0.25) is 0 Å². The third-order valence-electron chi connectivity index (χ3n) is 4.20. The van der Waals surface area contributed by atoms with Gasteiger partial charge in [-0.2, -0.15) is 0 Å². The van der Waals surface area contributed by atoms with Gasteiger partial charge < -0.3 is 5.32 Å². The van der Waals surface area contributed by atoms with Crippen LogP contribution >= 0.6 is 11.6 Å². The number of hydrogen-bond donors (Lipinski definition) is 1. The zero-order valence-electron chi connectivity index (χ0n) is 12.8. The molecule has 1 atom stereocenters. The fraction of sp³-hybridized carbons (Fsp3) is 0.333. The van der Waals surface area contributed by atoms with E-state index in [0.717, 1.165) is 5.02 Å². The first-order valence-electron chi connectivity index (χ1n) is 6.95. The standard InChI is InChI=1S/C18H22ClN/c1-11-10-12(2)14(4)17(13(11)3)18(20-5)15-6-8-16(19)9-7-15/h6-10,18,20H,1-5H3. The molecule has 106 valence electrons. The Kier molecular flexibility index (Phi) is 4.52. The van der Waals surface area contributed by atoms with Crippen molar-refractivity contribution in [3.63, 3.8) is 0 Å². The summed E-state index contributed by atoms with van der Waals surface area (Å²) in [6, 6.07) is 10.6. The molecule has 0 saturated carbocycles. The molecule has 0 fully saturated rings. The molecule has 0 heterocycles. The van der Waals surface area contributed by atoms with Crippen LogP contribution in [0, 0.1) is 27.7 Å². The van der Waals surface area contributed by atoms with Crippen LogP contribution in [-0.2, 0) is 0 Å². The molecule has 0 bridgehead atoms. The molecule has 0 aliphatic rings. The minimum Gasteiger partial charge on any atom is -0.309 e. The van der Waals surface area contributed by atoms with E-state index >= 15 is 0 Å². The van der Waals surface area contributed by atoms with E-state index in [2.05, 4.69) is 51.2 Å². The molecule has 0 radical (unpaired) electrons. The highest BCUT2D eigenvalue weighted by Gasteiger charge is 2.18. The molecule has 2 rings (SSSR count). The van der Waals surface area contributed by atoms with E-state index in [1.165, 1.54) is 33.4 Å². The third-order valence-corrected chi connectivity index (χ3v) is 4.46. The molecular weight excluding hydrogens is 266 g/mol. The molecule has 2 aromatic rings. The highest BCUT2D eigenvalue weighted by atomic mass is 35.5. The molecule has 0 aromatic heterocycles. The van der Waals surface area contributed by atoms with Crippen LogP contribution < -0.4 is 5.32 Å². The van der Waals surface area contributed by atoms with E-state index in [1.807, 2.05) is 19.2 Å². The average molecular weight is 288 g/mol. The van der Waals surface area contributed by atoms with Gasteiger partial charge in [-0.3, -0.25) is 0 Å². The first-order valence-corrected chi connectivity index (χ1v) is 7.33. The second kappa shape index (κ2) is 5.99. The van der Waals surface area contributed by atoms with Gasteiger partial charge >= 0.3 is 0 Å². The van der Waals surface area contributed by atoms with Crippen molar-refractivity contribution >= 4 is 11.6 Å². The van der Waals surface area contributed by atoms with Crippen LogP contribution in [0.25, 0.3) is 0 Å². The summed E-state index contributed by atoms with van der Waals surface area (Å²) in [6.07, 6.45) is 0. The van der Waals surface area contributed by atoms with Gasteiger partial charge in [0.05, 0.1) is 6.04 Å². The van der Waals surface area contributed by atoms with Gasteiger partial charge in [0.15, 0.2) is 0 Å². The van der Waals surface area contributed by atoms with E-state index in [4.69, 9.17) is 11.6 Å². The minimum absolute atomic E-state index is 0.200. The number of nitrogens with one attached hydrogen (secondary N) is 1. The number of halogens is 1. The monoisotopic (exact) mass is 287 g/mol. The summed E-state index contributed by atoms with van der Waals surface area (Å²) in [5, 5.41) is 4.22. The maximum atomic E-state index is 6.00. The lowest BCUT2D eigenvalue weighted by Gasteiger charge is -2.24. The summed E-state index contributed by atoms with van der Waals surface area (Å²) >= 11 is 6.00. The van der Waals surface area contributed by atoms with Gasteiger partial charge in [0.1, 0.15) is 0 Å². The molecular formula is C18H22ClN. The van der Waals surface area contributed by atoms with Crippen LogP contribution in [0.5, 0.6) is 0 Å². The fourth-order valence-electron chi connectivity index (χ4n) is 2.81. The van der Waals surface area contributed by atoms with Crippen molar-refractivity contribution < 1.29 is 0 Å². The summed E-state index contributed by atoms with van der Waals surface area (Å²) < 4.78 is 0. The molecule has 2 heteroatoms. The summed E-state index contributed by atoms with van der Waals surface area (Å²) in [5.41, 5.74) is 8.04. The predicted molar refractivity (Wildman–Crippen MR) is 87.7 cm³/mol. The quantitative estimate of drug-likeness (QED) is 0.848. The molecule has 0 spiro atoms. The van der Waals surface area contributed by atoms with E-state index in [1.54, 1.807) is 0 Å². The largest absolute Gasteiger partial charge is 0.309 e. The van der Waals surface area contributed by atoms with Crippen molar-refractivity contribution in [3.05, 3.63) is 68.7 Å². The Morgan fingerprint density at radius 1 is 0.900 bits per heavy atom. The van der Waals surface area contributed by atoms with Crippen LogP contribution in [0.3, 0.4) is 0 Å². The van der Waals surface area contributed by atoms with Crippen LogP contribution in [0.15, 0.2) is 30.3 Å². The summed E-state index contributed by atoms with van der Waals surface area (Å²) in [5.74, 6) is 0. The van der Waals surface area contributed by atoms with Gasteiger partial charge in [-0.05, 0) is 80.3 Å². The lowest BCUT2D eigenvalue weighted by molar-refractivity contribution is 0.681. The maximum Gasteiger partial charge on any atom is 0.0579 e. The Hall–Kier alpha value is -1.31. The van der Waals surface area contributed by atoms with Crippen LogP contribution in [0.4, 0.5) is 0 Å². The molecule has 0 saturated heterocycles. The van der Waals surface area contributed by atoms with Gasteiger partial charge in [0, 0.05) is 5.02 Å². The van der Waals surface area contributed by atoms with Gasteiger partial charge in [-0.25, -0.2) is 0 Å². The van der Waals surface area contributed by atoms with Crippen LogP contribution in [0.1, 0.15) is 39.4 Å². The molecule has 1 unspecified atom stereocenters. The molecule has 20 heavy (non-hydrogen) atoms. The van der Waals surface area contributed by atoms with Crippen molar-refractivity contribution in [1.29, 1.82) is 0 Å². The summed E-state index contributed by atoms with van der Waals surface area (Å²) in [7, 11) is 2.01. The SMILES string of the molecule is CNC(c1ccc(Cl)cc1)c1c(C)c(C)cc(C)c1C. The molecule has 0 amide bonds. The van der Waals surface area contributed by atoms with Crippen LogP contribution in [0.2, 0.25) is 5.02 Å². The van der Waals surface area contributed by atoms with Gasteiger partial charge in [-0.1, -0.05) is 29.8 Å². The van der Waals surface area contributed by atoms with Crippen LogP contribution in [-0.4, -0.2) is 7.05 Å². The smallest absolute Gasteiger partial charge is 0.0579 e. The van der Waals surface area contributed by atoms with E-state index < -0.39 is 0 Å². The molecule has 1 nitrogen and oxygen atoms in total. The number of rotatable bonds is 3. The Morgan fingerprint density at radius 3 is 1.85 bits per heavy atom. The van der Waals surface area contributed by atoms with Crippen molar-refractivity contribution in [2.24, 2.45) is 0 Å². The normalized spacial score (nSPS) is 12.5. The number of benzene rings is 2. The highest BCUT2D eigenvalue weighted by Crippen LogP contribution is 2.31. The Morgan fingerprint density at radius 2 is 1.40 bits per heavy atom. The Balaban J connectivity index is 2.60. The second-order valence-electron chi connectivity index (χ2n) is 5.45. The summed E-state index contributed by atoms with van der Waals surface area (Å²) in [6.45, 7) is 8.77. The zero-order valence-corrected chi connectivity index (χ0v) is 13.6. The lowest BCUT2D eigenvalue weighted by atomic mass is 9.87. The first-order chi connectivity index (χ1) is 9.45. The van der Waals surface area contributed by atoms with Crippen molar-refractivity contribution in [3.8, 4) is 0 Å². The van der Waals surface area contributed by atoms with Crippen molar-refractivity contribution in [2.75, 3.05) is 7.05 Å². The van der Waals surface area contributed by atoms with Gasteiger partial charge in [0.25, 0.3) is 0 Å². The highest BCUT2D eigenvalue weighted by molar-refractivity contribution is 6.30. The number of hydrogen-bond acceptors (Lipinski definition) is 1. The molecule has 2 aromatic carbocycles. The predicted octanol–water partition coefficient (Wildman–Crippen LogP) is 4.88. The fourth-order valence-corrected chi connectivity index (χ4v) is 2.94. The van der Waals surface area contributed by atoms with Crippen molar-refractivity contribution in [1.82, 2.24) is 5.32 Å². The topological polar surface area (TPSA) is 12.0 Å². The molecule has 0 aliphatic carbocycles. The van der Waals surface area contributed by atoms with Crippen molar-refractivity contribution in [2.45, 2.75) is 33.7 Å². The first kappa shape index (κ1) is 15.1. The van der Waals surface area contributed by atoms with Gasteiger partial charge in [-0.15, -0.1) is 0 Å². The lowest BCUT2D eigenvalue weighted by Crippen LogP contribution is -2.20. The van der Waals surface area contributed by atoms with E-state index in [0.29, 0.717) is 0 Å². The van der Waals surface area contributed by atoms with E-state index in [-0.39, 0.29) is 6.04 Å². The third kappa shape index (κ3) is 2.74. The Bertz CT molecular complexity index is 588. The maximum absolute atomic E-state index is 6.00. The Labute approximate surface area is 127 Å².